The van der Waals surface area contributed by atoms with Crippen molar-refractivity contribution in [2.75, 3.05) is 17.7 Å². The molecule has 0 radical (unpaired) electrons. The molecule has 0 spiro atoms. The van der Waals surface area contributed by atoms with E-state index in [1.165, 1.54) is 0 Å². The summed E-state index contributed by atoms with van der Waals surface area (Å²) in [6.45, 7) is 2.05. The van der Waals surface area contributed by atoms with Crippen molar-refractivity contribution in [3.05, 3.63) is 51.0 Å². The minimum Gasteiger partial charge on any atom is -0.382 e. The molecule has 2 rings (SSSR count). The van der Waals surface area contributed by atoms with Crippen LogP contribution in [-0.2, 0) is 0 Å². The number of nitrogen functional groups attached to an aromatic ring is 1. The highest BCUT2D eigenvalue weighted by atomic mass is 35.5. The van der Waals surface area contributed by atoms with Crippen LogP contribution >= 0.6 is 34.8 Å². The summed E-state index contributed by atoms with van der Waals surface area (Å²) < 4.78 is 0. The summed E-state index contributed by atoms with van der Waals surface area (Å²) in [4.78, 5) is 6.19. The Balaban J connectivity index is 2.33. The van der Waals surface area contributed by atoms with E-state index in [0.717, 1.165) is 5.56 Å². The summed E-state index contributed by atoms with van der Waals surface area (Å²) in [6.07, 6.45) is 0. The lowest BCUT2D eigenvalue weighted by Gasteiger charge is -2.27. The topological polar surface area (TPSA) is 42.2 Å². The van der Waals surface area contributed by atoms with Crippen LogP contribution < -0.4 is 10.6 Å². The molecular weight excluding hydrogens is 317 g/mol. The first kappa shape index (κ1) is 15.2. The highest BCUT2D eigenvalue weighted by Gasteiger charge is 2.17. The van der Waals surface area contributed by atoms with Crippen LogP contribution in [0.25, 0.3) is 0 Å². The van der Waals surface area contributed by atoms with Gasteiger partial charge in [0.2, 0.25) is 0 Å². The van der Waals surface area contributed by atoms with Gasteiger partial charge in [-0.1, -0.05) is 46.9 Å². The van der Waals surface area contributed by atoms with E-state index in [-0.39, 0.29) is 11.9 Å². The predicted octanol–water partition coefficient (Wildman–Crippen LogP) is 4.82. The fourth-order valence-corrected chi connectivity index (χ4v) is 2.48. The smallest absolute Gasteiger partial charge is 0.150 e. The Labute approximate surface area is 133 Å². The van der Waals surface area contributed by atoms with Crippen LogP contribution in [0.3, 0.4) is 0 Å². The van der Waals surface area contributed by atoms with Crippen molar-refractivity contribution in [3.8, 4) is 0 Å². The highest BCUT2D eigenvalue weighted by molar-refractivity contribution is 6.37. The summed E-state index contributed by atoms with van der Waals surface area (Å²) in [5.74, 6) is 0.859. The standard InChI is InChI=1S/C14H14Cl3N3/c1-8(9-3-5-10(15)6-4-9)20(2)14-12(17)7-11(16)13(18)19-14/h3-8H,1-2H3,(H2,18,19). The third-order valence-corrected chi connectivity index (χ3v) is 4.04. The maximum Gasteiger partial charge on any atom is 0.150 e. The SMILES string of the molecule is CC(c1ccc(Cl)cc1)N(C)c1nc(N)c(Cl)cc1Cl. The Hall–Kier alpha value is -1.16. The molecular formula is C14H14Cl3N3. The van der Waals surface area contributed by atoms with E-state index in [2.05, 4.69) is 4.98 Å². The molecule has 0 fully saturated rings. The van der Waals surface area contributed by atoms with Crippen LogP contribution in [0.4, 0.5) is 11.6 Å². The molecule has 1 unspecified atom stereocenters. The Kier molecular flexibility index (Phi) is 4.63. The first-order valence-corrected chi connectivity index (χ1v) is 7.13. The lowest BCUT2D eigenvalue weighted by Crippen LogP contribution is -2.23. The van der Waals surface area contributed by atoms with Gasteiger partial charge in [-0.25, -0.2) is 4.98 Å². The van der Waals surface area contributed by atoms with E-state index >= 15 is 0 Å². The van der Waals surface area contributed by atoms with Gasteiger partial charge in [0.1, 0.15) is 11.6 Å². The number of hydrogen-bond donors (Lipinski definition) is 1. The van der Waals surface area contributed by atoms with E-state index in [1.54, 1.807) is 6.07 Å². The molecule has 1 atom stereocenters. The maximum atomic E-state index is 6.19. The van der Waals surface area contributed by atoms with Gasteiger partial charge in [-0.15, -0.1) is 0 Å². The molecule has 1 heterocycles. The number of anilines is 2. The van der Waals surface area contributed by atoms with Crippen LogP contribution in [0.15, 0.2) is 30.3 Å². The molecule has 3 nitrogen and oxygen atoms in total. The molecule has 0 aliphatic rings. The van der Waals surface area contributed by atoms with Crippen molar-refractivity contribution in [1.29, 1.82) is 0 Å². The number of rotatable bonds is 3. The second kappa shape index (κ2) is 6.08. The zero-order chi connectivity index (χ0) is 14.9. The van der Waals surface area contributed by atoms with Gasteiger partial charge in [-0.3, -0.25) is 0 Å². The maximum absolute atomic E-state index is 6.19. The summed E-state index contributed by atoms with van der Waals surface area (Å²) in [5, 5.41) is 1.52. The zero-order valence-corrected chi connectivity index (χ0v) is 13.3. The molecule has 2 aromatic rings. The highest BCUT2D eigenvalue weighted by Crippen LogP contribution is 2.33. The minimum absolute atomic E-state index is 0.0674. The van der Waals surface area contributed by atoms with E-state index in [9.17, 15) is 0 Å². The van der Waals surface area contributed by atoms with Crippen molar-refractivity contribution in [1.82, 2.24) is 4.98 Å². The summed E-state index contributed by atoms with van der Waals surface area (Å²) in [6, 6.07) is 9.32. The Morgan fingerprint density at radius 3 is 2.30 bits per heavy atom. The minimum atomic E-state index is 0.0674. The molecule has 106 valence electrons. The van der Waals surface area contributed by atoms with Crippen LogP contribution in [-0.4, -0.2) is 12.0 Å². The van der Waals surface area contributed by atoms with Crippen molar-refractivity contribution < 1.29 is 0 Å². The Bertz CT molecular complexity index is 614. The first-order valence-electron chi connectivity index (χ1n) is 6.00. The van der Waals surface area contributed by atoms with Crippen LogP contribution in [0.5, 0.6) is 0 Å². The summed E-state index contributed by atoms with van der Waals surface area (Å²) in [7, 11) is 1.90. The first-order chi connectivity index (χ1) is 9.40. The largest absolute Gasteiger partial charge is 0.382 e. The number of halogens is 3. The number of aromatic nitrogens is 1. The molecule has 0 amide bonds. The fraction of sp³-hybridized carbons (Fsp3) is 0.214. The van der Waals surface area contributed by atoms with Crippen LogP contribution in [0.2, 0.25) is 15.1 Å². The number of nitrogens with zero attached hydrogens (tertiary/aromatic N) is 2. The van der Waals surface area contributed by atoms with Gasteiger partial charge < -0.3 is 10.6 Å². The molecule has 0 saturated heterocycles. The van der Waals surface area contributed by atoms with E-state index < -0.39 is 0 Å². The van der Waals surface area contributed by atoms with E-state index in [4.69, 9.17) is 40.5 Å². The molecule has 0 bridgehead atoms. The predicted molar refractivity (Wildman–Crippen MR) is 86.9 cm³/mol. The molecule has 1 aromatic carbocycles. The van der Waals surface area contributed by atoms with Gasteiger partial charge in [0, 0.05) is 12.1 Å². The fourth-order valence-electron chi connectivity index (χ4n) is 1.87. The Morgan fingerprint density at radius 2 is 1.70 bits per heavy atom. The van der Waals surface area contributed by atoms with Crippen LogP contribution in [0.1, 0.15) is 18.5 Å². The van der Waals surface area contributed by atoms with Crippen LogP contribution in [0, 0.1) is 0 Å². The molecule has 0 saturated carbocycles. The lowest BCUT2D eigenvalue weighted by molar-refractivity contribution is 0.729. The molecule has 2 N–H and O–H groups in total. The van der Waals surface area contributed by atoms with Gasteiger partial charge in [-0.05, 0) is 30.7 Å². The van der Waals surface area contributed by atoms with Gasteiger partial charge in [0.05, 0.1) is 16.1 Å². The number of pyridine rings is 1. The molecule has 0 aliphatic heterocycles. The van der Waals surface area contributed by atoms with Gasteiger partial charge in [0.15, 0.2) is 0 Å². The monoisotopic (exact) mass is 329 g/mol. The van der Waals surface area contributed by atoms with Gasteiger partial charge in [0.25, 0.3) is 0 Å². The van der Waals surface area contributed by atoms with Crippen molar-refractivity contribution >= 4 is 46.4 Å². The number of nitrogens with two attached hydrogens (primary N) is 1. The number of hydrogen-bond acceptors (Lipinski definition) is 3. The Morgan fingerprint density at radius 1 is 1.10 bits per heavy atom. The average Bonchev–Trinajstić information content (AvgIpc) is 2.42. The third kappa shape index (κ3) is 3.11. The molecule has 1 aromatic heterocycles. The summed E-state index contributed by atoms with van der Waals surface area (Å²) >= 11 is 18.0. The van der Waals surface area contributed by atoms with Crippen molar-refractivity contribution in [3.63, 3.8) is 0 Å². The molecule has 0 aliphatic carbocycles. The molecule has 6 heteroatoms. The summed E-state index contributed by atoms with van der Waals surface area (Å²) in [5.41, 5.74) is 6.84. The second-order valence-corrected chi connectivity index (χ2v) is 5.75. The van der Waals surface area contributed by atoms with Crippen molar-refractivity contribution in [2.24, 2.45) is 0 Å². The van der Waals surface area contributed by atoms with Gasteiger partial charge in [-0.2, -0.15) is 0 Å². The van der Waals surface area contributed by atoms with E-state index in [0.29, 0.717) is 20.9 Å². The average molecular weight is 331 g/mol. The van der Waals surface area contributed by atoms with Crippen molar-refractivity contribution in [2.45, 2.75) is 13.0 Å². The number of benzene rings is 1. The normalized spacial score (nSPS) is 12.2. The van der Waals surface area contributed by atoms with E-state index in [1.807, 2.05) is 43.1 Å². The molecule has 20 heavy (non-hydrogen) atoms. The third-order valence-electron chi connectivity index (χ3n) is 3.21. The van der Waals surface area contributed by atoms with Gasteiger partial charge >= 0.3 is 0 Å². The zero-order valence-electron chi connectivity index (χ0n) is 11.1. The second-order valence-electron chi connectivity index (χ2n) is 4.50. The quantitative estimate of drug-likeness (QED) is 0.877. The lowest BCUT2D eigenvalue weighted by atomic mass is 10.1.